The van der Waals surface area contributed by atoms with Crippen LogP contribution in [0.1, 0.15) is 221 Å². The Morgan fingerprint density at radius 1 is 0.167 bits per heavy atom. The number of fused-ring (bicyclic) bond motifs is 18. The van der Waals surface area contributed by atoms with Gasteiger partial charge in [0, 0.05) is 141 Å². The monoisotopic (exact) mass is 1480 g/mol. The minimum absolute atomic E-state index is 0.162. The van der Waals surface area contributed by atoms with Crippen molar-refractivity contribution in [2.24, 2.45) is 59.9 Å². The van der Waals surface area contributed by atoms with Crippen LogP contribution in [0.3, 0.4) is 0 Å². The molecule has 8 aliphatic rings. The molecule has 6 aliphatic carbocycles. The molecule has 0 spiro atoms. The Balaban J connectivity index is 0.000000190. The van der Waals surface area contributed by atoms with E-state index in [9.17, 15) is 57.0 Å². The van der Waals surface area contributed by atoms with Gasteiger partial charge in [-0.05, 0) is 150 Å². The van der Waals surface area contributed by atoms with Gasteiger partial charge in [0.1, 0.15) is 69.4 Å². The van der Waals surface area contributed by atoms with Crippen molar-refractivity contribution in [3.8, 4) is 34.5 Å². The van der Waals surface area contributed by atoms with Gasteiger partial charge in [-0.2, -0.15) is 0 Å². The van der Waals surface area contributed by atoms with Gasteiger partial charge in [-0.3, -0.25) is 59.9 Å². The number of aromatic hydroxyl groups is 6. The number of benzene rings is 6. The average Bonchev–Trinajstić information content (AvgIpc) is 0.864. The number of hydrogen-bond donors (Lipinski definition) is 6. The fourth-order valence-corrected chi connectivity index (χ4v) is 15.8. The standard InChI is InChI=1S/2C42H45F3N6O3/c2*43-31-13-25-19-46-34-7-1-2-8-35(34)47-20-26-14-32(44)16-28(41(26)53)22-49-38-11-5-6-12-39(38)51-24-30-18-33(45)17-29(42(30)54)23-50-37-10-4-3-9-36(37)48-21-27(15-31)40(25)52/h2*13-24,34-39,52-54H,1-12H2/t2*34-,35-,36-,37-,38-,39-/m11/s1. The summed E-state index contributed by atoms with van der Waals surface area (Å²) < 4.78 is 89.4. The minimum Gasteiger partial charge on any atom is -0.507 e. The second-order valence-electron chi connectivity index (χ2n) is 29.5. The van der Waals surface area contributed by atoms with E-state index in [2.05, 4.69) is 0 Å². The Hall–Kier alpha value is -10.3. The first-order valence-corrected chi connectivity index (χ1v) is 38.0. The third kappa shape index (κ3) is 19.2. The number of nitrogens with zero attached hydrogens (tertiary/aromatic N) is 12. The van der Waals surface area contributed by atoms with Crippen molar-refractivity contribution >= 4 is 74.6 Å². The second-order valence-corrected chi connectivity index (χ2v) is 29.5. The lowest BCUT2D eigenvalue weighted by Crippen LogP contribution is -2.27. The Labute approximate surface area is 624 Å². The second kappa shape index (κ2) is 35.6. The Kier molecular flexibility index (Phi) is 25.1. The number of phenolic OH excluding ortho intramolecular Hbond substituents is 6. The van der Waals surface area contributed by atoms with Crippen molar-refractivity contribution in [1.29, 1.82) is 0 Å². The highest BCUT2D eigenvalue weighted by Gasteiger charge is 2.31. The van der Waals surface area contributed by atoms with Gasteiger partial charge in [0.2, 0.25) is 0 Å². The van der Waals surface area contributed by atoms with E-state index >= 15 is 0 Å². The van der Waals surface area contributed by atoms with Crippen molar-refractivity contribution < 1.29 is 57.0 Å². The van der Waals surface area contributed by atoms with E-state index in [1.54, 1.807) is 0 Å². The summed E-state index contributed by atoms with van der Waals surface area (Å²) >= 11 is 0. The smallest absolute Gasteiger partial charge is 0.133 e. The van der Waals surface area contributed by atoms with Crippen molar-refractivity contribution in [2.75, 3.05) is 0 Å². The summed E-state index contributed by atoms with van der Waals surface area (Å²) in [7, 11) is 0. The number of rotatable bonds is 0. The van der Waals surface area contributed by atoms with Gasteiger partial charge in [-0.1, -0.05) is 77.0 Å². The largest absolute Gasteiger partial charge is 0.507 e. The first-order valence-electron chi connectivity index (χ1n) is 38.0. The molecule has 108 heavy (non-hydrogen) atoms. The zero-order valence-corrected chi connectivity index (χ0v) is 60.1. The molecule has 6 N–H and O–H groups in total. The van der Waals surface area contributed by atoms with Crippen molar-refractivity contribution in [3.05, 3.63) is 174 Å². The quantitative estimate of drug-likeness (QED) is 0.0804. The summed E-state index contributed by atoms with van der Waals surface area (Å²) in [5.74, 6) is -4.32. The summed E-state index contributed by atoms with van der Waals surface area (Å²) in [4.78, 5) is 56.8. The van der Waals surface area contributed by atoms with E-state index in [1.807, 2.05) is 0 Å². The number of phenols is 6. The molecule has 0 unspecified atom stereocenters. The fourth-order valence-electron chi connectivity index (χ4n) is 15.8. The van der Waals surface area contributed by atoms with Crippen LogP contribution in [0.25, 0.3) is 0 Å². The lowest BCUT2D eigenvalue weighted by atomic mass is 9.91. The summed E-state index contributed by atoms with van der Waals surface area (Å²) in [6.45, 7) is 0. The predicted molar refractivity (Wildman–Crippen MR) is 416 cm³/mol. The Morgan fingerprint density at radius 2 is 0.250 bits per heavy atom. The molecule has 24 heteroatoms. The normalized spacial score (nSPS) is 26.1. The molecule has 2 aliphatic heterocycles. The van der Waals surface area contributed by atoms with Crippen molar-refractivity contribution in [1.82, 2.24) is 0 Å². The zero-order chi connectivity index (χ0) is 75.2. The molecule has 0 amide bonds. The highest BCUT2D eigenvalue weighted by Crippen LogP contribution is 2.36. The molecule has 2 heterocycles. The first kappa shape index (κ1) is 76.0. The fraction of sp³-hybridized carbons (Fsp3) is 0.429. The maximum absolute atomic E-state index is 14.9. The van der Waals surface area contributed by atoms with E-state index in [-0.39, 0.29) is 174 Å². The van der Waals surface area contributed by atoms with Crippen LogP contribution in [0.4, 0.5) is 26.3 Å². The molecule has 0 aromatic heterocycles. The third-order valence-electron chi connectivity index (χ3n) is 21.8. The molecule has 0 radical (unpaired) electrons. The molecule has 12 atom stereocenters. The van der Waals surface area contributed by atoms with E-state index in [0.717, 1.165) is 154 Å². The van der Waals surface area contributed by atoms with Gasteiger partial charge < -0.3 is 30.6 Å². The molecule has 18 nitrogen and oxygen atoms in total. The topological polar surface area (TPSA) is 270 Å². The van der Waals surface area contributed by atoms with Crippen LogP contribution in [0, 0.1) is 34.9 Å². The minimum atomic E-state index is -0.558. The number of hydrogen-bond acceptors (Lipinski definition) is 18. The van der Waals surface area contributed by atoms with E-state index < -0.39 is 34.9 Å². The zero-order valence-electron chi connectivity index (χ0n) is 60.1. The lowest BCUT2D eigenvalue weighted by molar-refractivity contribution is 0.389. The van der Waals surface area contributed by atoms with Gasteiger partial charge in [0.25, 0.3) is 0 Å². The molecule has 0 saturated heterocycles. The molecule has 6 aromatic rings. The van der Waals surface area contributed by atoms with Crippen LogP contribution in [-0.2, 0) is 0 Å². The molecule has 6 saturated carbocycles. The van der Waals surface area contributed by atoms with E-state index in [0.29, 0.717) is 0 Å². The molecule has 14 rings (SSSR count). The first-order chi connectivity index (χ1) is 52.4. The summed E-state index contributed by atoms with van der Waals surface area (Å²) in [6, 6.07) is 11.4. The lowest BCUT2D eigenvalue weighted by Gasteiger charge is -2.25. The number of halogens is 6. The van der Waals surface area contributed by atoms with Crippen LogP contribution in [0.2, 0.25) is 0 Å². The van der Waals surface area contributed by atoms with Gasteiger partial charge in [-0.15, -0.1) is 0 Å². The van der Waals surface area contributed by atoms with Crippen LogP contribution in [0.15, 0.2) is 133 Å². The van der Waals surface area contributed by atoms with Crippen LogP contribution >= 0.6 is 0 Å². The molecular weight excluding hydrogens is 1390 g/mol. The summed E-state index contributed by atoms with van der Waals surface area (Å²) in [5.41, 5.74) is 2.42. The van der Waals surface area contributed by atoms with E-state index in [4.69, 9.17) is 59.9 Å². The maximum atomic E-state index is 14.9. The van der Waals surface area contributed by atoms with Crippen LogP contribution < -0.4 is 0 Å². The average molecular weight is 1480 g/mol. The SMILES string of the molecule is Oc1c2cc(F)cc1C=N[C@@H]1CCCC[C@H]1N=Cc1cc(F)cc(c1O)C=N[C@@H]1CCCC[C@H]1N=Cc1cc(F)cc(c1O)C=N[C@@H]1CCCC[C@H]1N=C2.Oc1c2cc(F)cc1C=N[C@@H]1CCCC[C@H]1N=Cc1cc(F)cc(c1O)C=N[C@@H]1CCCC[C@H]1N=Cc1cc(F)cc(c1O)C=N[C@@H]1CCCC[C@H]1N=C2. The van der Waals surface area contributed by atoms with Crippen molar-refractivity contribution in [3.63, 3.8) is 0 Å². The van der Waals surface area contributed by atoms with Gasteiger partial charge in [-0.25, -0.2) is 26.3 Å². The van der Waals surface area contributed by atoms with Gasteiger partial charge in [0.15, 0.2) is 0 Å². The highest BCUT2D eigenvalue weighted by atomic mass is 19.1. The van der Waals surface area contributed by atoms with Crippen LogP contribution in [-0.4, -0.2) is 178 Å². The Bertz CT molecular complexity index is 3630. The molecule has 12 bridgehead atoms. The van der Waals surface area contributed by atoms with Crippen molar-refractivity contribution in [2.45, 2.75) is 227 Å². The van der Waals surface area contributed by atoms with E-state index in [1.165, 1.54) is 147 Å². The van der Waals surface area contributed by atoms with Crippen LogP contribution in [0.5, 0.6) is 34.5 Å². The number of aliphatic imine (C=N–C) groups is 12. The molecule has 564 valence electrons. The molecule has 6 aromatic carbocycles. The predicted octanol–water partition coefficient (Wildman–Crippen LogP) is 16.2. The third-order valence-corrected chi connectivity index (χ3v) is 21.8. The summed E-state index contributed by atoms with van der Waals surface area (Å²) in [6.07, 6.45) is 37.3. The maximum Gasteiger partial charge on any atom is 0.133 e. The summed E-state index contributed by atoms with van der Waals surface area (Å²) in [5, 5.41) is 67.1. The van der Waals surface area contributed by atoms with Gasteiger partial charge in [0.05, 0.1) is 72.5 Å². The molecular formula is C84H90F6N12O6. The Morgan fingerprint density at radius 3 is 0.333 bits per heavy atom. The van der Waals surface area contributed by atoms with Gasteiger partial charge >= 0.3 is 0 Å². The highest BCUT2D eigenvalue weighted by molar-refractivity contribution is 5.97. The molecule has 6 fully saturated rings.